The summed E-state index contributed by atoms with van der Waals surface area (Å²) in [4.78, 5) is 13.9. The minimum Gasteiger partial charge on any atom is -0.396 e. The van der Waals surface area contributed by atoms with E-state index < -0.39 is 0 Å². The van der Waals surface area contributed by atoms with E-state index in [0.29, 0.717) is 12.5 Å². The van der Waals surface area contributed by atoms with Gasteiger partial charge in [0.2, 0.25) is 5.91 Å². The Morgan fingerprint density at radius 3 is 2.87 bits per heavy atom. The Labute approximate surface area is 90.2 Å². The van der Waals surface area contributed by atoms with E-state index in [1.807, 2.05) is 4.90 Å². The van der Waals surface area contributed by atoms with E-state index in [4.69, 9.17) is 9.84 Å². The number of rotatable bonds is 3. The fourth-order valence-electron chi connectivity index (χ4n) is 2.43. The molecule has 0 aromatic heterocycles. The van der Waals surface area contributed by atoms with Crippen molar-refractivity contribution >= 4 is 5.91 Å². The summed E-state index contributed by atoms with van der Waals surface area (Å²) >= 11 is 0. The molecular weight excluding hydrogens is 194 g/mol. The number of carbonyl (C=O) groups is 1. The maximum atomic E-state index is 12.0. The molecule has 0 aliphatic carbocycles. The zero-order chi connectivity index (χ0) is 10.8. The third-order valence-corrected chi connectivity index (χ3v) is 3.46. The number of aliphatic hydroxyl groups is 1. The van der Waals surface area contributed by atoms with Crippen molar-refractivity contribution in [2.24, 2.45) is 11.8 Å². The van der Waals surface area contributed by atoms with Gasteiger partial charge in [-0.3, -0.25) is 4.79 Å². The minimum atomic E-state index is 0.0645. The Morgan fingerprint density at radius 1 is 1.53 bits per heavy atom. The zero-order valence-corrected chi connectivity index (χ0v) is 9.19. The second-order valence-corrected chi connectivity index (χ2v) is 4.50. The molecule has 86 valence electrons. The normalized spacial score (nSPS) is 31.7. The number of carbonyl (C=O) groups excluding carboxylic acids is 1. The standard InChI is InChI=1S/C11H19NO3/c1-2-10-9(3-4-15-10)11(14)12-5-8(6-12)7-13/h8-10,13H,2-7H2,1H3. The van der Waals surface area contributed by atoms with Gasteiger partial charge in [-0.05, 0) is 12.8 Å². The molecular formula is C11H19NO3. The van der Waals surface area contributed by atoms with E-state index in [1.54, 1.807) is 0 Å². The van der Waals surface area contributed by atoms with Crippen molar-refractivity contribution in [3.63, 3.8) is 0 Å². The van der Waals surface area contributed by atoms with Gasteiger partial charge in [0.25, 0.3) is 0 Å². The van der Waals surface area contributed by atoms with Crippen LogP contribution >= 0.6 is 0 Å². The lowest BCUT2D eigenvalue weighted by molar-refractivity contribution is -0.144. The van der Waals surface area contributed by atoms with Gasteiger partial charge >= 0.3 is 0 Å². The van der Waals surface area contributed by atoms with Crippen LogP contribution < -0.4 is 0 Å². The summed E-state index contributed by atoms with van der Waals surface area (Å²) in [6.45, 7) is 4.42. The van der Waals surface area contributed by atoms with Crippen molar-refractivity contribution in [2.75, 3.05) is 26.3 Å². The molecule has 0 radical (unpaired) electrons. The fourth-order valence-corrected chi connectivity index (χ4v) is 2.43. The highest BCUT2D eigenvalue weighted by Gasteiger charge is 2.39. The molecule has 2 aliphatic heterocycles. The van der Waals surface area contributed by atoms with E-state index in [9.17, 15) is 4.79 Å². The Hall–Kier alpha value is -0.610. The van der Waals surface area contributed by atoms with E-state index in [1.165, 1.54) is 0 Å². The molecule has 4 heteroatoms. The van der Waals surface area contributed by atoms with Gasteiger partial charge < -0.3 is 14.7 Å². The predicted molar refractivity (Wildman–Crippen MR) is 55.3 cm³/mol. The van der Waals surface area contributed by atoms with Gasteiger partial charge in [-0.2, -0.15) is 0 Å². The summed E-state index contributed by atoms with van der Waals surface area (Å²) in [5.74, 6) is 0.593. The quantitative estimate of drug-likeness (QED) is 0.731. The van der Waals surface area contributed by atoms with Crippen molar-refractivity contribution in [1.82, 2.24) is 4.90 Å². The summed E-state index contributed by atoms with van der Waals surface area (Å²) in [5.41, 5.74) is 0. The van der Waals surface area contributed by atoms with Gasteiger partial charge in [0.1, 0.15) is 0 Å². The summed E-state index contributed by atoms with van der Waals surface area (Å²) < 4.78 is 5.51. The third-order valence-electron chi connectivity index (χ3n) is 3.46. The zero-order valence-electron chi connectivity index (χ0n) is 9.19. The molecule has 2 rings (SSSR count). The van der Waals surface area contributed by atoms with Gasteiger partial charge in [0, 0.05) is 32.2 Å². The lowest BCUT2D eigenvalue weighted by Crippen LogP contribution is -2.54. The fraction of sp³-hybridized carbons (Fsp3) is 0.909. The Kier molecular flexibility index (Phi) is 3.26. The third kappa shape index (κ3) is 2.01. The Bertz CT molecular complexity index is 238. The van der Waals surface area contributed by atoms with Gasteiger partial charge in [-0.15, -0.1) is 0 Å². The summed E-state index contributed by atoms with van der Waals surface area (Å²) in [7, 11) is 0. The van der Waals surface area contributed by atoms with Gasteiger partial charge in [0.15, 0.2) is 0 Å². The molecule has 15 heavy (non-hydrogen) atoms. The van der Waals surface area contributed by atoms with Crippen molar-refractivity contribution in [2.45, 2.75) is 25.9 Å². The summed E-state index contributed by atoms with van der Waals surface area (Å²) in [6, 6.07) is 0. The maximum Gasteiger partial charge on any atom is 0.228 e. The van der Waals surface area contributed by atoms with Crippen LogP contribution in [0.3, 0.4) is 0 Å². The first kappa shape index (κ1) is 10.9. The predicted octanol–water partition coefficient (Wildman–Crippen LogP) is 0.252. The number of likely N-dealkylation sites (tertiary alicyclic amines) is 1. The SMILES string of the molecule is CCC1OCCC1C(=O)N1CC(CO)C1. The average Bonchev–Trinajstić information content (AvgIpc) is 2.63. The molecule has 1 N–H and O–H groups in total. The number of aliphatic hydroxyl groups excluding tert-OH is 1. The van der Waals surface area contributed by atoms with Crippen molar-refractivity contribution in [3.05, 3.63) is 0 Å². The highest BCUT2D eigenvalue weighted by molar-refractivity contribution is 5.80. The Balaban J connectivity index is 1.86. The first-order chi connectivity index (χ1) is 7.26. The molecule has 2 atom stereocenters. The van der Waals surface area contributed by atoms with Crippen LogP contribution in [0, 0.1) is 11.8 Å². The number of nitrogens with zero attached hydrogens (tertiary/aromatic N) is 1. The van der Waals surface area contributed by atoms with E-state index in [0.717, 1.165) is 25.9 Å². The van der Waals surface area contributed by atoms with E-state index in [-0.39, 0.29) is 24.5 Å². The van der Waals surface area contributed by atoms with Crippen LogP contribution in [0.4, 0.5) is 0 Å². The molecule has 1 amide bonds. The first-order valence-corrected chi connectivity index (χ1v) is 5.77. The Morgan fingerprint density at radius 2 is 2.27 bits per heavy atom. The van der Waals surface area contributed by atoms with Crippen LogP contribution in [0.25, 0.3) is 0 Å². The molecule has 0 aromatic carbocycles. The number of amides is 1. The molecule has 2 fully saturated rings. The second-order valence-electron chi connectivity index (χ2n) is 4.50. The van der Waals surface area contributed by atoms with Crippen LogP contribution in [0.15, 0.2) is 0 Å². The van der Waals surface area contributed by atoms with Crippen LogP contribution in [-0.2, 0) is 9.53 Å². The molecule has 2 unspecified atom stereocenters. The van der Waals surface area contributed by atoms with Crippen LogP contribution in [0.5, 0.6) is 0 Å². The van der Waals surface area contributed by atoms with Crippen molar-refractivity contribution in [1.29, 1.82) is 0 Å². The van der Waals surface area contributed by atoms with Gasteiger partial charge in [-0.25, -0.2) is 0 Å². The van der Waals surface area contributed by atoms with Gasteiger partial charge in [0.05, 0.1) is 12.0 Å². The molecule has 2 saturated heterocycles. The van der Waals surface area contributed by atoms with Crippen LogP contribution in [0.2, 0.25) is 0 Å². The second kappa shape index (κ2) is 4.49. The van der Waals surface area contributed by atoms with Crippen molar-refractivity contribution < 1.29 is 14.6 Å². The topological polar surface area (TPSA) is 49.8 Å². The number of hydrogen-bond acceptors (Lipinski definition) is 3. The minimum absolute atomic E-state index is 0.0645. The lowest BCUT2D eigenvalue weighted by atomic mass is 9.93. The summed E-state index contributed by atoms with van der Waals surface area (Å²) in [5, 5.41) is 8.89. The van der Waals surface area contributed by atoms with Crippen LogP contribution in [0.1, 0.15) is 19.8 Å². The van der Waals surface area contributed by atoms with Crippen LogP contribution in [-0.4, -0.2) is 48.3 Å². The van der Waals surface area contributed by atoms with Gasteiger partial charge in [-0.1, -0.05) is 6.92 Å². The van der Waals surface area contributed by atoms with Crippen molar-refractivity contribution in [3.8, 4) is 0 Å². The molecule has 0 bridgehead atoms. The smallest absolute Gasteiger partial charge is 0.228 e. The summed E-state index contributed by atoms with van der Waals surface area (Å²) in [6.07, 6.45) is 1.89. The molecule has 0 aromatic rings. The molecule has 0 spiro atoms. The highest BCUT2D eigenvalue weighted by atomic mass is 16.5. The molecule has 0 saturated carbocycles. The highest BCUT2D eigenvalue weighted by Crippen LogP contribution is 2.28. The van der Waals surface area contributed by atoms with E-state index in [2.05, 4.69) is 6.92 Å². The number of ether oxygens (including phenoxy) is 1. The first-order valence-electron chi connectivity index (χ1n) is 5.77. The van der Waals surface area contributed by atoms with E-state index >= 15 is 0 Å². The maximum absolute atomic E-state index is 12.0. The molecule has 2 aliphatic rings. The average molecular weight is 213 g/mol. The largest absolute Gasteiger partial charge is 0.396 e. The monoisotopic (exact) mass is 213 g/mol. The number of hydrogen-bond donors (Lipinski definition) is 1. The molecule has 2 heterocycles. The lowest BCUT2D eigenvalue weighted by Gasteiger charge is -2.40. The molecule has 4 nitrogen and oxygen atoms in total.